The van der Waals surface area contributed by atoms with Crippen LogP contribution in [0, 0.1) is 16.0 Å². The first-order valence-electron chi connectivity index (χ1n) is 7.14. The number of hydrogen-bond donors (Lipinski definition) is 2. The molecule has 2 N–H and O–H groups in total. The number of aromatic amines is 1. The molecule has 0 radical (unpaired) electrons. The van der Waals surface area contributed by atoms with Gasteiger partial charge in [0.05, 0.1) is 11.0 Å². The van der Waals surface area contributed by atoms with Gasteiger partial charge in [-0.25, -0.2) is 0 Å². The van der Waals surface area contributed by atoms with Crippen LogP contribution in [0.1, 0.15) is 42.9 Å². The lowest BCUT2D eigenvalue weighted by atomic mass is 10.0. The second-order valence-corrected chi connectivity index (χ2v) is 5.45. The predicted octanol–water partition coefficient (Wildman–Crippen LogP) is 1.11. The van der Waals surface area contributed by atoms with Crippen LogP contribution in [0.25, 0.3) is 0 Å². The van der Waals surface area contributed by atoms with Crippen LogP contribution in [-0.4, -0.2) is 50.2 Å². The van der Waals surface area contributed by atoms with Crippen molar-refractivity contribution < 1.29 is 14.8 Å². The Labute approximate surface area is 122 Å². The lowest BCUT2D eigenvalue weighted by Crippen LogP contribution is -2.31. The number of H-pyrrole nitrogens is 1. The molecule has 0 aromatic carbocycles. The molecule has 0 bridgehead atoms. The number of likely N-dealkylation sites (tertiary alicyclic amines) is 1. The van der Waals surface area contributed by atoms with Crippen LogP contribution in [-0.2, 0) is 6.42 Å². The van der Waals surface area contributed by atoms with E-state index < -0.39 is 16.9 Å². The molecule has 0 aliphatic carbocycles. The third-order valence-corrected chi connectivity index (χ3v) is 3.89. The van der Waals surface area contributed by atoms with Gasteiger partial charge in [-0.15, -0.1) is 0 Å². The Morgan fingerprint density at radius 2 is 2.38 bits per heavy atom. The highest BCUT2D eigenvalue weighted by Gasteiger charge is 2.35. The van der Waals surface area contributed by atoms with Crippen molar-refractivity contribution in [2.24, 2.45) is 5.92 Å². The van der Waals surface area contributed by atoms with Crippen LogP contribution in [0.5, 0.6) is 0 Å². The summed E-state index contributed by atoms with van der Waals surface area (Å²) < 4.78 is 0. The number of carbonyl (C=O) groups excluding carboxylic acids is 1. The molecule has 1 aromatic heterocycles. The number of aliphatic hydroxyl groups excluding tert-OH is 1. The number of aromatic nitrogens is 2. The first kappa shape index (κ1) is 15.4. The maximum Gasteiger partial charge on any atom is 0.322 e. The molecule has 21 heavy (non-hydrogen) atoms. The number of nitrogens with zero attached hydrogens (tertiary/aromatic N) is 3. The van der Waals surface area contributed by atoms with E-state index in [2.05, 4.69) is 10.2 Å². The van der Waals surface area contributed by atoms with E-state index >= 15 is 0 Å². The number of amides is 1. The van der Waals surface area contributed by atoms with E-state index in [1.165, 1.54) is 4.90 Å². The minimum Gasteiger partial charge on any atom is -0.393 e. The smallest absolute Gasteiger partial charge is 0.322 e. The van der Waals surface area contributed by atoms with Crippen molar-refractivity contribution in [3.63, 3.8) is 0 Å². The highest BCUT2D eigenvalue weighted by molar-refractivity contribution is 5.96. The highest BCUT2D eigenvalue weighted by Crippen LogP contribution is 2.27. The van der Waals surface area contributed by atoms with Crippen molar-refractivity contribution in [2.75, 3.05) is 13.1 Å². The van der Waals surface area contributed by atoms with Crippen LogP contribution in [0.2, 0.25) is 0 Å². The zero-order chi connectivity index (χ0) is 15.6. The molecule has 2 rings (SSSR count). The Bertz CT molecular complexity index is 540. The number of aryl methyl sites for hydroxylation is 1. The highest BCUT2D eigenvalue weighted by atomic mass is 16.6. The molecule has 1 aromatic rings. The molecule has 1 aliphatic rings. The molecule has 1 saturated heterocycles. The maximum absolute atomic E-state index is 12.4. The van der Waals surface area contributed by atoms with E-state index in [4.69, 9.17) is 0 Å². The van der Waals surface area contributed by atoms with Gasteiger partial charge in [0.1, 0.15) is 5.69 Å². The Morgan fingerprint density at radius 1 is 1.67 bits per heavy atom. The third kappa shape index (κ3) is 3.05. The molecule has 1 fully saturated rings. The molecule has 8 heteroatoms. The zero-order valence-electron chi connectivity index (χ0n) is 12.2. The topological polar surface area (TPSA) is 112 Å². The predicted molar refractivity (Wildman–Crippen MR) is 74.9 cm³/mol. The van der Waals surface area contributed by atoms with E-state index in [9.17, 15) is 20.0 Å². The van der Waals surface area contributed by atoms with Gasteiger partial charge < -0.3 is 10.0 Å². The van der Waals surface area contributed by atoms with Gasteiger partial charge in [0, 0.05) is 19.0 Å². The van der Waals surface area contributed by atoms with Gasteiger partial charge in [-0.2, -0.15) is 5.10 Å². The second-order valence-electron chi connectivity index (χ2n) is 5.45. The van der Waals surface area contributed by atoms with Gasteiger partial charge in [0.15, 0.2) is 0 Å². The quantitative estimate of drug-likeness (QED) is 0.624. The summed E-state index contributed by atoms with van der Waals surface area (Å²) in [5.41, 5.74) is 0.0363. The average Bonchev–Trinajstić information content (AvgIpc) is 3.04. The van der Waals surface area contributed by atoms with Crippen LogP contribution >= 0.6 is 0 Å². The summed E-state index contributed by atoms with van der Waals surface area (Å²) in [6.45, 7) is 4.49. The summed E-state index contributed by atoms with van der Waals surface area (Å²) in [7, 11) is 0. The Balaban J connectivity index is 2.22. The molecule has 1 aliphatic heterocycles. The van der Waals surface area contributed by atoms with Crippen molar-refractivity contribution in [2.45, 2.75) is 39.2 Å². The molecular formula is C13H20N4O4. The molecule has 0 spiro atoms. The largest absolute Gasteiger partial charge is 0.393 e. The summed E-state index contributed by atoms with van der Waals surface area (Å²) in [5.74, 6) is -0.425. The second kappa shape index (κ2) is 6.21. The van der Waals surface area contributed by atoms with Gasteiger partial charge in [-0.3, -0.25) is 20.0 Å². The normalized spacial score (nSPS) is 19.8. The van der Waals surface area contributed by atoms with Crippen LogP contribution in [0.15, 0.2) is 0 Å². The summed E-state index contributed by atoms with van der Waals surface area (Å²) in [5, 5.41) is 27.2. The summed E-state index contributed by atoms with van der Waals surface area (Å²) in [6.07, 6.45) is 1.41. The van der Waals surface area contributed by atoms with Crippen molar-refractivity contribution in [1.29, 1.82) is 0 Å². The number of rotatable bonds is 5. The van der Waals surface area contributed by atoms with Gasteiger partial charge in [0.25, 0.3) is 5.91 Å². The lowest BCUT2D eigenvalue weighted by Gasteiger charge is -2.16. The van der Waals surface area contributed by atoms with Gasteiger partial charge in [-0.1, -0.05) is 13.3 Å². The summed E-state index contributed by atoms with van der Waals surface area (Å²) in [4.78, 5) is 24.6. The molecule has 2 heterocycles. The molecule has 2 atom stereocenters. The SMILES string of the molecule is CCCc1[nH]nc(C(=O)N2CCC(C(C)O)C2)c1[N+](=O)[O-]. The fourth-order valence-corrected chi connectivity index (χ4v) is 2.66. The number of hydrogen-bond acceptors (Lipinski definition) is 5. The first-order valence-corrected chi connectivity index (χ1v) is 7.14. The lowest BCUT2D eigenvalue weighted by molar-refractivity contribution is -0.385. The average molecular weight is 296 g/mol. The van der Waals surface area contributed by atoms with Crippen LogP contribution < -0.4 is 0 Å². The van der Waals surface area contributed by atoms with Gasteiger partial charge in [-0.05, 0) is 19.8 Å². The fourth-order valence-electron chi connectivity index (χ4n) is 2.66. The monoisotopic (exact) mass is 296 g/mol. The van der Waals surface area contributed by atoms with E-state index in [1.807, 2.05) is 6.92 Å². The Hall–Kier alpha value is -1.96. The molecule has 0 saturated carbocycles. The van der Waals surface area contributed by atoms with E-state index in [1.54, 1.807) is 6.92 Å². The molecule has 116 valence electrons. The summed E-state index contributed by atoms with van der Waals surface area (Å²) >= 11 is 0. The van der Waals surface area contributed by atoms with Crippen LogP contribution in [0.3, 0.4) is 0 Å². The van der Waals surface area contributed by atoms with Gasteiger partial charge in [0.2, 0.25) is 5.69 Å². The molecule has 8 nitrogen and oxygen atoms in total. The fraction of sp³-hybridized carbons (Fsp3) is 0.692. The van der Waals surface area contributed by atoms with E-state index in [0.29, 0.717) is 31.6 Å². The molecule has 1 amide bonds. The minimum atomic E-state index is -0.552. The maximum atomic E-state index is 12.4. The number of aliphatic hydroxyl groups is 1. The molecule has 2 unspecified atom stereocenters. The van der Waals surface area contributed by atoms with E-state index in [-0.39, 0.29) is 17.3 Å². The number of carbonyl (C=O) groups is 1. The number of nitro groups is 1. The van der Waals surface area contributed by atoms with Crippen molar-refractivity contribution in [3.8, 4) is 0 Å². The van der Waals surface area contributed by atoms with E-state index in [0.717, 1.165) is 6.42 Å². The van der Waals surface area contributed by atoms with Crippen molar-refractivity contribution in [3.05, 3.63) is 21.5 Å². The molecular weight excluding hydrogens is 276 g/mol. The summed E-state index contributed by atoms with van der Waals surface area (Å²) in [6, 6.07) is 0. The zero-order valence-corrected chi connectivity index (χ0v) is 12.2. The Kier molecular flexibility index (Phi) is 4.56. The van der Waals surface area contributed by atoms with Crippen molar-refractivity contribution in [1.82, 2.24) is 15.1 Å². The van der Waals surface area contributed by atoms with Crippen molar-refractivity contribution >= 4 is 11.6 Å². The Morgan fingerprint density at radius 3 is 2.90 bits per heavy atom. The van der Waals surface area contributed by atoms with Crippen LogP contribution in [0.4, 0.5) is 5.69 Å². The standard InChI is InChI=1S/C13H20N4O4/c1-3-4-10-12(17(20)21)11(15-14-10)13(19)16-6-5-9(7-16)8(2)18/h8-9,18H,3-7H2,1-2H3,(H,14,15). The first-order chi connectivity index (χ1) is 9.95. The number of nitrogens with one attached hydrogen (secondary N) is 1. The van der Waals surface area contributed by atoms with Gasteiger partial charge >= 0.3 is 5.69 Å². The third-order valence-electron chi connectivity index (χ3n) is 3.89. The minimum absolute atomic E-state index is 0.0158.